The SMILES string of the molecule is Cl.NCCC(=O)NCc1sccc1Br. The minimum absolute atomic E-state index is 0. The lowest BCUT2D eigenvalue weighted by Crippen LogP contribution is -2.24. The average Bonchev–Trinajstić information content (AvgIpc) is 2.48. The molecule has 0 aliphatic rings. The number of hydrogen-bond acceptors (Lipinski definition) is 3. The maximum Gasteiger partial charge on any atom is 0.221 e. The van der Waals surface area contributed by atoms with Crippen molar-refractivity contribution >= 4 is 45.6 Å². The van der Waals surface area contributed by atoms with Crippen LogP contribution in [0, 0.1) is 0 Å². The van der Waals surface area contributed by atoms with E-state index in [9.17, 15) is 4.79 Å². The molecular formula is C8H12BrClN2OS. The van der Waals surface area contributed by atoms with Crippen molar-refractivity contribution in [3.8, 4) is 0 Å². The molecule has 1 amide bonds. The third-order valence-electron chi connectivity index (χ3n) is 1.51. The Morgan fingerprint density at radius 2 is 2.36 bits per heavy atom. The number of nitrogens with one attached hydrogen (secondary N) is 1. The minimum atomic E-state index is 0. The van der Waals surface area contributed by atoms with Gasteiger partial charge < -0.3 is 11.1 Å². The minimum Gasteiger partial charge on any atom is -0.351 e. The summed E-state index contributed by atoms with van der Waals surface area (Å²) in [4.78, 5) is 12.2. The summed E-state index contributed by atoms with van der Waals surface area (Å²) < 4.78 is 1.05. The van der Waals surface area contributed by atoms with Crippen LogP contribution in [0.2, 0.25) is 0 Å². The van der Waals surface area contributed by atoms with E-state index in [2.05, 4.69) is 21.2 Å². The Labute approximate surface area is 102 Å². The van der Waals surface area contributed by atoms with Crippen molar-refractivity contribution in [2.24, 2.45) is 5.73 Å². The summed E-state index contributed by atoms with van der Waals surface area (Å²) in [7, 11) is 0. The lowest BCUT2D eigenvalue weighted by Gasteiger charge is -2.02. The van der Waals surface area contributed by atoms with Gasteiger partial charge in [0.15, 0.2) is 0 Å². The van der Waals surface area contributed by atoms with Crippen molar-refractivity contribution in [1.82, 2.24) is 5.32 Å². The van der Waals surface area contributed by atoms with Gasteiger partial charge in [0, 0.05) is 22.3 Å². The van der Waals surface area contributed by atoms with E-state index in [1.165, 1.54) is 0 Å². The van der Waals surface area contributed by atoms with E-state index in [1.54, 1.807) is 11.3 Å². The molecule has 0 saturated heterocycles. The molecule has 0 bridgehead atoms. The van der Waals surface area contributed by atoms with Crippen LogP contribution in [-0.4, -0.2) is 12.5 Å². The molecule has 14 heavy (non-hydrogen) atoms. The number of amides is 1. The first-order valence-corrected chi connectivity index (χ1v) is 5.60. The van der Waals surface area contributed by atoms with Crippen molar-refractivity contribution in [1.29, 1.82) is 0 Å². The molecule has 1 heterocycles. The summed E-state index contributed by atoms with van der Waals surface area (Å²) in [6.07, 6.45) is 0.392. The molecule has 3 N–H and O–H groups in total. The van der Waals surface area contributed by atoms with Gasteiger partial charge in [0.25, 0.3) is 0 Å². The largest absolute Gasteiger partial charge is 0.351 e. The van der Waals surface area contributed by atoms with Gasteiger partial charge in [-0.05, 0) is 27.4 Å². The molecule has 6 heteroatoms. The highest BCUT2D eigenvalue weighted by Gasteiger charge is 2.03. The highest BCUT2D eigenvalue weighted by Crippen LogP contribution is 2.21. The zero-order valence-electron chi connectivity index (χ0n) is 7.46. The maximum absolute atomic E-state index is 11.0. The average molecular weight is 300 g/mol. The van der Waals surface area contributed by atoms with Crippen molar-refractivity contribution in [2.45, 2.75) is 13.0 Å². The summed E-state index contributed by atoms with van der Waals surface area (Å²) in [5, 5.41) is 4.77. The summed E-state index contributed by atoms with van der Waals surface area (Å²) in [5.74, 6) is 0.00259. The van der Waals surface area contributed by atoms with Crippen molar-refractivity contribution in [3.63, 3.8) is 0 Å². The highest BCUT2D eigenvalue weighted by atomic mass is 79.9. The normalized spacial score (nSPS) is 9.29. The van der Waals surface area contributed by atoms with E-state index < -0.39 is 0 Å². The topological polar surface area (TPSA) is 55.1 Å². The Kier molecular flexibility index (Phi) is 7.17. The highest BCUT2D eigenvalue weighted by molar-refractivity contribution is 9.10. The van der Waals surface area contributed by atoms with E-state index in [0.717, 1.165) is 9.35 Å². The van der Waals surface area contributed by atoms with Gasteiger partial charge in [0.1, 0.15) is 0 Å². The molecule has 0 unspecified atom stereocenters. The first-order valence-electron chi connectivity index (χ1n) is 3.92. The lowest BCUT2D eigenvalue weighted by molar-refractivity contribution is -0.121. The van der Waals surface area contributed by atoms with Gasteiger partial charge in [-0.15, -0.1) is 23.7 Å². The second-order valence-electron chi connectivity index (χ2n) is 2.51. The molecule has 0 aliphatic carbocycles. The maximum atomic E-state index is 11.0. The molecule has 0 radical (unpaired) electrons. The van der Waals surface area contributed by atoms with Crippen LogP contribution in [0.5, 0.6) is 0 Å². The van der Waals surface area contributed by atoms with Gasteiger partial charge in [0.05, 0.1) is 6.54 Å². The van der Waals surface area contributed by atoms with Gasteiger partial charge in [-0.25, -0.2) is 0 Å². The molecule has 0 atom stereocenters. The van der Waals surface area contributed by atoms with Crippen molar-refractivity contribution < 1.29 is 4.79 Å². The smallest absolute Gasteiger partial charge is 0.221 e. The Morgan fingerprint density at radius 1 is 1.64 bits per heavy atom. The zero-order chi connectivity index (χ0) is 9.68. The van der Waals surface area contributed by atoms with Gasteiger partial charge in [-0.1, -0.05) is 0 Å². The van der Waals surface area contributed by atoms with E-state index >= 15 is 0 Å². The number of carbonyl (C=O) groups is 1. The second-order valence-corrected chi connectivity index (χ2v) is 4.36. The summed E-state index contributed by atoms with van der Waals surface area (Å²) in [6, 6.07) is 1.97. The predicted molar refractivity (Wildman–Crippen MR) is 64.8 cm³/mol. The molecule has 1 aromatic rings. The van der Waals surface area contributed by atoms with Crippen LogP contribution in [-0.2, 0) is 11.3 Å². The Hall–Kier alpha value is -0.100. The number of hydrogen-bond donors (Lipinski definition) is 2. The fraction of sp³-hybridized carbons (Fsp3) is 0.375. The molecule has 0 aliphatic heterocycles. The molecule has 0 saturated carbocycles. The van der Waals surface area contributed by atoms with Crippen LogP contribution in [0.3, 0.4) is 0 Å². The predicted octanol–water partition coefficient (Wildman–Crippen LogP) is 1.90. The molecule has 80 valence electrons. The molecule has 1 rings (SSSR count). The van der Waals surface area contributed by atoms with Gasteiger partial charge >= 0.3 is 0 Å². The molecular weight excluding hydrogens is 288 g/mol. The summed E-state index contributed by atoms with van der Waals surface area (Å²) >= 11 is 5.01. The molecule has 1 aromatic heterocycles. The van der Waals surface area contributed by atoms with E-state index in [-0.39, 0.29) is 18.3 Å². The van der Waals surface area contributed by atoms with Gasteiger partial charge in [-0.3, -0.25) is 4.79 Å². The van der Waals surface area contributed by atoms with Crippen LogP contribution in [0.15, 0.2) is 15.9 Å². The molecule has 0 fully saturated rings. The van der Waals surface area contributed by atoms with Crippen LogP contribution < -0.4 is 11.1 Å². The Balaban J connectivity index is 0.00000169. The summed E-state index contributed by atoms with van der Waals surface area (Å²) in [5.41, 5.74) is 5.24. The number of carbonyl (C=O) groups excluding carboxylic acids is 1. The number of nitrogens with two attached hydrogens (primary N) is 1. The summed E-state index contributed by atoms with van der Waals surface area (Å²) in [6.45, 7) is 0.981. The first-order chi connectivity index (χ1) is 6.24. The molecule has 0 aromatic carbocycles. The van der Waals surface area contributed by atoms with Crippen LogP contribution in [0.1, 0.15) is 11.3 Å². The van der Waals surface area contributed by atoms with Gasteiger partial charge in [-0.2, -0.15) is 0 Å². The zero-order valence-corrected chi connectivity index (χ0v) is 10.7. The van der Waals surface area contributed by atoms with E-state index in [4.69, 9.17) is 5.73 Å². The Morgan fingerprint density at radius 3 is 2.86 bits per heavy atom. The lowest BCUT2D eigenvalue weighted by atomic mass is 10.4. The molecule has 3 nitrogen and oxygen atoms in total. The van der Waals surface area contributed by atoms with Crippen LogP contribution >= 0.6 is 39.7 Å². The fourth-order valence-electron chi connectivity index (χ4n) is 0.850. The quantitative estimate of drug-likeness (QED) is 0.892. The number of rotatable bonds is 4. The van der Waals surface area contributed by atoms with Crippen LogP contribution in [0.4, 0.5) is 0 Å². The monoisotopic (exact) mass is 298 g/mol. The first kappa shape index (κ1) is 13.9. The van der Waals surface area contributed by atoms with E-state index in [1.807, 2.05) is 11.4 Å². The van der Waals surface area contributed by atoms with Crippen molar-refractivity contribution in [2.75, 3.05) is 6.54 Å². The third kappa shape index (κ3) is 4.41. The fourth-order valence-corrected chi connectivity index (χ4v) is 2.28. The second kappa shape index (κ2) is 7.23. The number of halogens is 2. The van der Waals surface area contributed by atoms with Crippen molar-refractivity contribution in [3.05, 3.63) is 20.8 Å². The van der Waals surface area contributed by atoms with Gasteiger partial charge in [0.2, 0.25) is 5.91 Å². The third-order valence-corrected chi connectivity index (χ3v) is 3.43. The Bertz CT molecular complexity index is 293. The molecule has 0 spiro atoms. The van der Waals surface area contributed by atoms with Crippen LogP contribution in [0.25, 0.3) is 0 Å². The standard InChI is InChI=1S/C8H11BrN2OS.ClH/c9-6-2-4-13-7(6)5-11-8(12)1-3-10;/h2,4H,1,3,5,10H2,(H,11,12);1H. The van der Waals surface area contributed by atoms with E-state index in [0.29, 0.717) is 19.5 Å². The number of thiophene rings is 1.